The molecule has 18 heavy (non-hydrogen) atoms. The fourth-order valence-electron chi connectivity index (χ4n) is 1.97. The summed E-state index contributed by atoms with van der Waals surface area (Å²) >= 11 is 0. The number of anilines is 2. The van der Waals surface area contributed by atoms with E-state index < -0.39 is 0 Å². The lowest BCUT2D eigenvalue weighted by Gasteiger charge is -2.32. The van der Waals surface area contributed by atoms with E-state index in [1.54, 1.807) is 0 Å². The van der Waals surface area contributed by atoms with Crippen molar-refractivity contribution >= 4 is 11.6 Å². The molecule has 5 heteroatoms. The van der Waals surface area contributed by atoms with E-state index in [4.69, 9.17) is 11.0 Å². The first-order valence-electron chi connectivity index (χ1n) is 5.81. The summed E-state index contributed by atoms with van der Waals surface area (Å²) in [6.07, 6.45) is 0. The van der Waals surface area contributed by atoms with Crippen LogP contribution in [-0.4, -0.2) is 17.1 Å². The number of pyridine rings is 1. The lowest BCUT2D eigenvalue weighted by molar-refractivity contribution is 0.600. The summed E-state index contributed by atoms with van der Waals surface area (Å²) in [6, 6.07) is 5.89. The maximum absolute atomic E-state index is 9.17. The molecular weight excluding hydrogens is 226 g/mol. The Kier molecular flexibility index (Phi) is 4.12. The molecule has 94 valence electrons. The summed E-state index contributed by atoms with van der Waals surface area (Å²) in [5, 5.41) is 18.1. The molecule has 1 rings (SSSR count). The van der Waals surface area contributed by atoms with Crippen LogP contribution in [-0.2, 0) is 0 Å². The average Bonchev–Trinajstić information content (AvgIpc) is 2.28. The van der Waals surface area contributed by atoms with Crippen LogP contribution in [0.5, 0.6) is 0 Å². The molecule has 1 aromatic heterocycles. The van der Waals surface area contributed by atoms with Gasteiger partial charge in [-0.15, -0.1) is 0 Å². The molecule has 0 aliphatic carbocycles. The molecule has 5 nitrogen and oxygen atoms in total. The minimum absolute atomic E-state index is 0.165. The third kappa shape index (κ3) is 2.52. The Hall–Kier alpha value is -2.27. The topological polar surface area (TPSA) is 89.7 Å². The molecule has 1 aromatic rings. The molecule has 0 unspecified atom stereocenters. The first-order valence-corrected chi connectivity index (χ1v) is 5.81. The summed E-state index contributed by atoms with van der Waals surface area (Å²) in [7, 11) is 0. The van der Waals surface area contributed by atoms with Gasteiger partial charge in [-0.3, -0.25) is 0 Å². The SMILES string of the molecule is CC(C)N(c1nc(N)c(C#N)cc1C#N)C(C)C. The highest BCUT2D eigenvalue weighted by atomic mass is 15.2. The number of rotatable bonds is 3. The van der Waals surface area contributed by atoms with Crippen LogP contribution in [0.15, 0.2) is 6.07 Å². The van der Waals surface area contributed by atoms with Crippen molar-refractivity contribution in [1.29, 1.82) is 10.5 Å². The zero-order valence-corrected chi connectivity index (χ0v) is 11.1. The Bertz CT molecular complexity index is 511. The second-order valence-electron chi connectivity index (χ2n) is 4.61. The Morgan fingerprint density at radius 3 is 2.00 bits per heavy atom. The van der Waals surface area contributed by atoms with Crippen LogP contribution in [0.2, 0.25) is 0 Å². The maximum Gasteiger partial charge on any atom is 0.149 e. The summed E-state index contributed by atoms with van der Waals surface area (Å²) < 4.78 is 0. The van der Waals surface area contributed by atoms with Gasteiger partial charge in [0.2, 0.25) is 0 Å². The molecule has 2 N–H and O–H groups in total. The third-order valence-electron chi connectivity index (χ3n) is 2.63. The molecule has 0 bridgehead atoms. The Morgan fingerprint density at radius 1 is 1.11 bits per heavy atom. The summed E-state index contributed by atoms with van der Waals surface area (Å²) in [5.74, 6) is 0.705. The lowest BCUT2D eigenvalue weighted by Crippen LogP contribution is -2.38. The van der Waals surface area contributed by atoms with E-state index in [0.29, 0.717) is 11.4 Å². The van der Waals surface area contributed by atoms with Gasteiger partial charge in [-0.25, -0.2) is 4.98 Å². The zero-order valence-electron chi connectivity index (χ0n) is 11.1. The highest BCUT2D eigenvalue weighted by molar-refractivity contribution is 5.63. The van der Waals surface area contributed by atoms with Crippen molar-refractivity contribution in [1.82, 2.24) is 4.98 Å². The van der Waals surface area contributed by atoms with Crippen molar-refractivity contribution in [2.45, 2.75) is 39.8 Å². The maximum atomic E-state index is 9.17. The van der Waals surface area contributed by atoms with Crippen LogP contribution in [0.3, 0.4) is 0 Å². The largest absolute Gasteiger partial charge is 0.383 e. The number of nitrogen functional groups attached to an aromatic ring is 1. The molecule has 0 aliphatic heterocycles. The number of hydrogen-bond donors (Lipinski definition) is 1. The van der Waals surface area contributed by atoms with Crippen LogP contribution >= 0.6 is 0 Å². The minimum atomic E-state index is 0.165. The van der Waals surface area contributed by atoms with E-state index in [-0.39, 0.29) is 23.5 Å². The van der Waals surface area contributed by atoms with Gasteiger partial charge < -0.3 is 10.6 Å². The normalized spacial score (nSPS) is 10.2. The lowest BCUT2D eigenvalue weighted by atomic mass is 10.1. The van der Waals surface area contributed by atoms with Gasteiger partial charge in [-0.2, -0.15) is 10.5 Å². The van der Waals surface area contributed by atoms with E-state index in [9.17, 15) is 5.26 Å². The molecule has 0 saturated carbocycles. The van der Waals surface area contributed by atoms with E-state index in [2.05, 4.69) is 11.1 Å². The van der Waals surface area contributed by atoms with Crippen molar-refractivity contribution in [2.75, 3.05) is 10.6 Å². The zero-order chi connectivity index (χ0) is 13.9. The smallest absolute Gasteiger partial charge is 0.149 e. The molecule has 0 fully saturated rings. The predicted molar refractivity (Wildman–Crippen MR) is 70.8 cm³/mol. The van der Waals surface area contributed by atoms with Crippen molar-refractivity contribution in [2.24, 2.45) is 0 Å². The number of nitrogens with zero attached hydrogens (tertiary/aromatic N) is 4. The number of nitriles is 2. The highest BCUT2D eigenvalue weighted by Crippen LogP contribution is 2.25. The monoisotopic (exact) mass is 243 g/mol. The standard InChI is InChI=1S/C13H17N5/c1-8(2)18(9(3)4)13-11(7-15)5-10(6-14)12(16)17-13/h5,8-9H,1-4H3,(H2,16,17). The van der Waals surface area contributed by atoms with Gasteiger partial charge in [0.05, 0.1) is 11.1 Å². The third-order valence-corrected chi connectivity index (χ3v) is 2.63. The number of hydrogen-bond acceptors (Lipinski definition) is 5. The Morgan fingerprint density at radius 2 is 1.61 bits per heavy atom. The minimum Gasteiger partial charge on any atom is -0.383 e. The van der Waals surface area contributed by atoms with Crippen molar-refractivity contribution < 1.29 is 0 Å². The van der Waals surface area contributed by atoms with Crippen LogP contribution in [0.25, 0.3) is 0 Å². The van der Waals surface area contributed by atoms with Gasteiger partial charge in [0.15, 0.2) is 0 Å². The number of nitrogens with two attached hydrogens (primary N) is 1. The first kappa shape index (κ1) is 13.8. The van der Waals surface area contributed by atoms with Gasteiger partial charge in [-0.1, -0.05) is 0 Å². The molecule has 0 radical (unpaired) electrons. The Balaban J connectivity index is 3.45. The molecule has 0 atom stereocenters. The highest BCUT2D eigenvalue weighted by Gasteiger charge is 2.20. The molecule has 1 heterocycles. The van der Waals surface area contributed by atoms with E-state index in [1.807, 2.05) is 38.7 Å². The van der Waals surface area contributed by atoms with E-state index >= 15 is 0 Å². The van der Waals surface area contributed by atoms with E-state index in [1.165, 1.54) is 6.07 Å². The second kappa shape index (κ2) is 5.37. The van der Waals surface area contributed by atoms with Crippen LogP contribution < -0.4 is 10.6 Å². The van der Waals surface area contributed by atoms with Crippen molar-refractivity contribution in [3.63, 3.8) is 0 Å². The fraction of sp³-hybridized carbons (Fsp3) is 0.462. The molecule has 0 saturated heterocycles. The summed E-state index contributed by atoms with van der Waals surface area (Å²) in [5.41, 5.74) is 6.34. The molecule has 0 aromatic carbocycles. The van der Waals surface area contributed by atoms with Gasteiger partial charge in [0.25, 0.3) is 0 Å². The number of aromatic nitrogens is 1. The predicted octanol–water partition coefficient (Wildman–Crippen LogP) is 2.03. The molecule has 0 spiro atoms. The van der Waals surface area contributed by atoms with Gasteiger partial charge in [0, 0.05) is 12.1 Å². The molecule has 0 aliphatic rings. The van der Waals surface area contributed by atoms with Crippen molar-refractivity contribution in [3.8, 4) is 12.1 Å². The average molecular weight is 243 g/mol. The van der Waals surface area contributed by atoms with Gasteiger partial charge >= 0.3 is 0 Å². The first-order chi connectivity index (χ1) is 8.42. The second-order valence-corrected chi connectivity index (χ2v) is 4.61. The quantitative estimate of drug-likeness (QED) is 0.877. The molecular formula is C13H17N5. The summed E-state index contributed by atoms with van der Waals surface area (Å²) in [6.45, 7) is 8.10. The van der Waals surface area contributed by atoms with E-state index in [0.717, 1.165) is 0 Å². The summed E-state index contributed by atoms with van der Waals surface area (Å²) in [4.78, 5) is 6.23. The Labute approximate surface area is 107 Å². The van der Waals surface area contributed by atoms with Crippen LogP contribution in [0, 0.1) is 22.7 Å². The van der Waals surface area contributed by atoms with Gasteiger partial charge in [-0.05, 0) is 33.8 Å². The fourth-order valence-corrected chi connectivity index (χ4v) is 1.97. The van der Waals surface area contributed by atoms with Gasteiger partial charge in [0.1, 0.15) is 23.8 Å². The van der Waals surface area contributed by atoms with Crippen LogP contribution in [0.4, 0.5) is 11.6 Å². The van der Waals surface area contributed by atoms with Crippen molar-refractivity contribution in [3.05, 3.63) is 17.2 Å². The molecule has 0 amide bonds. The van der Waals surface area contributed by atoms with Crippen LogP contribution in [0.1, 0.15) is 38.8 Å².